The lowest BCUT2D eigenvalue weighted by Crippen LogP contribution is -2.54. The lowest BCUT2D eigenvalue weighted by Gasteiger charge is -2.27. The third-order valence-electron chi connectivity index (χ3n) is 7.14. The molecule has 9 heteroatoms. The van der Waals surface area contributed by atoms with E-state index in [-0.39, 0.29) is 23.5 Å². The van der Waals surface area contributed by atoms with Crippen molar-refractivity contribution in [3.8, 4) is 11.1 Å². The van der Waals surface area contributed by atoms with Crippen molar-refractivity contribution in [2.45, 2.75) is 51.2 Å². The van der Waals surface area contributed by atoms with Gasteiger partial charge in [-0.15, -0.1) is 0 Å². The number of hydrogen-bond acceptors (Lipinski definition) is 5. The SMILES string of the molecule is CC(=O)N[C@@H](Cc1ccc(C(=O)O)c(C=O)c1)C(=O)N[C@@H]1CCCCN(Cc2ccc(-c3ccccc3)cc2)C1=O. The van der Waals surface area contributed by atoms with Crippen LogP contribution in [0, 0.1) is 0 Å². The van der Waals surface area contributed by atoms with Crippen LogP contribution >= 0.6 is 0 Å². The average molecular weight is 556 g/mol. The van der Waals surface area contributed by atoms with Gasteiger partial charge in [-0.1, -0.05) is 60.7 Å². The zero-order chi connectivity index (χ0) is 29.4. The van der Waals surface area contributed by atoms with Gasteiger partial charge in [0, 0.05) is 32.0 Å². The van der Waals surface area contributed by atoms with Gasteiger partial charge in [0.25, 0.3) is 0 Å². The maximum Gasteiger partial charge on any atom is 0.336 e. The lowest BCUT2D eigenvalue weighted by molar-refractivity contribution is -0.137. The summed E-state index contributed by atoms with van der Waals surface area (Å²) >= 11 is 0. The Morgan fingerprint density at radius 3 is 2.32 bits per heavy atom. The van der Waals surface area contributed by atoms with Gasteiger partial charge in [-0.05, 0) is 53.6 Å². The molecule has 212 valence electrons. The molecule has 1 aliphatic heterocycles. The summed E-state index contributed by atoms with van der Waals surface area (Å²) < 4.78 is 0. The summed E-state index contributed by atoms with van der Waals surface area (Å²) in [5, 5.41) is 14.7. The highest BCUT2D eigenvalue weighted by Crippen LogP contribution is 2.21. The molecule has 3 N–H and O–H groups in total. The van der Waals surface area contributed by atoms with E-state index < -0.39 is 29.9 Å². The normalized spacial score (nSPS) is 15.9. The highest BCUT2D eigenvalue weighted by molar-refractivity contribution is 5.97. The van der Waals surface area contributed by atoms with E-state index in [1.54, 1.807) is 4.90 Å². The molecule has 0 unspecified atom stereocenters. The summed E-state index contributed by atoms with van der Waals surface area (Å²) in [6.07, 6.45) is 2.49. The number of hydrogen-bond donors (Lipinski definition) is 3. The number of amides is 3. The van der Waals surface area contributed by atoms with Gasteiger partial charge >= 0.3 is 5.97 Å². The molecule has 9 nitrogen and oxygen atoms in total. The second kappa shape index (κ2) is 13.5. The van der Waals surface area contributed by atoms with Crippen LogP contribution in [0.3, 0.4) is 0 Å². The Hall–Kier alpha value is -4.79. The summed E-state index contributed by atoms with van der Waals surface area (Å²) in [6, 6.07) is 20.5. The molecule has 3 aromatic rings. The summed E-state index contributed by atoms with van der Waals surface area (Å²) in [6.45, 7) is 2.28. The monoisotopic (exact) mass is 555 g/mol. The first-order valence-corrected chi connectivity index (χ1v) is 13.6. The van der Waals surface area contributed by atoms with Crippen molar-refractivity contribution in [3.05, 3.63) is 95.1 Å². The average Bonchev–Trinajstić information content (AvgIpc) is 3.13. The Labute approximate surface area is 238 Å². The molecular formula is C32H33N3O6. The van der Waals surface area contributed by atoms with E-state index >= 15 is 0 Å². The molecule has 0 aromatic heterocycles. The van der Waals surface area contributed by atoms with Crippen molar-refractivity contribution >= 4 is 30.0 Å². The van der Waals surface area contributed by atoms with Crippen LogP contribution in [0.2, 0.25) is 0 Å². The molecule has 0 bridgehead atoms. The highest BCUT2D eigenvalue weighted by Gasteiger charge is 2.31. The van der Waals surface area contributed by atoms with Gasteiger partial charge < -0.3 is 20.6 Å². The Morgan fingerprint density at radius 2 is 1.66 bits per heavy atom. The molecule has 0 radical (unpaired) electrons. The van der Waals surface area contributed by atoms with Crippen molar-refractivity contribution in [3.63, 3.8) is 0 Å². The van der Waals surface area contributed by atoms with Gasteiger partial charge in [0.1, 0.15) is 12.1 Å². The smallest absolute Gasteiger partial charge is 0.336 e. The van der Waals surface area contributed by atoms with Gasteiger partial charge in [-0.3, -0.25) is 19.2 Å². The van der Waals surface area contributed by atoms with Crippen LogP contribution in [-0.4, -0.2) is 58.6 Å². The Bertz CT molecular complexity index is 1420. The van der Waals surface area contributed by atoms with E-state index in [9.17, 15) is 29.1 Å². The van der Waals surface area contributed by atoms with Crippen LogP contribution < -0.4 is 10.6 Å². The molecule has 1 aliphatic rings. The molecule has 1 fully saturated rings. The van der Waals surface area contributed by atoms with E-state index in [4.69, 9.17) is 0 Å². The number of carboxylic acid groups (broad SMARTS) is 1. The first kappa shape index (κ1) is 29.2. The van der Waals surface area contributed by atoms with Crippen LogP contribution in [0.25, 0.3) is 11.1 Å². The van der Waals surface area contributed by atoms with Gasteiger partial charge in [0.2, 0.25) is 17.7 Å². The lowest BCUT2D eigenvalue weighted by atomic mass is 9.99. The number of aldehydes is 1. The second-order valence-corrected chi connectivity index (χ2v) is 10.2. The maximum absolute atomic E-state index is 13.5. The number of nitrogens with zero attached hydrogens (tertiary/aromatic N) is 1. The Kier molecular flexibility index (Phi) is 9.63. The molecule has 3 amide bonds. The zero-order valence-corrected chi connectivity index (χ0v) is 22.8. The number of nitrogens with one attached hydrogen (secondary N) is 2. The van der Waals surface area contributed by atoms with E-state index in [0.717, 1.165) is 29.5 Å². The molecule has 1 heterocycles. The van der Waals surface area contributed by atoms with Crippen LogP contribution in [0.15, 0.2) is 72.8 Å². The summed E-state index contributed by atoms with van der Waals surface area (Å²) in [5.74, 6) is -2.38. The van der Waals surface area contributed by atoms with Crippen molar-refractivity contribution in [1.82, 2.24) is 15.5 Å². The highest BCUT2D eigenvalue weighted by atomic mass is 16.4. The molecule has 41 heavy (non-hydrogen) atoms. The van der Waals surface area contributed by atoms with Crippen molar-refractivity contribution in [1.29, 1.82) is 0 Å². The minimum absolute atomic E-state index is 0.0184. The van der Waals surface area contributed by atoms with Gasteiger partial charge in [0.15, 0.2) is 6.29 Å². The van der Waals surface area contributed by atoms with Crippen molar-refractivity contribution in [2.75, 3.05) is 6.54 Å². The fourth-order valence-corrected chi connectivity index (χ4v) is 5.04. The largest absolute Gasteiger partial charge is 0.478 e. The maximum atomic E-state index is 13.5. The van der Waals surface area contributed by atoms with Gasteiger partial charge in [-0.2, -0.15) is 0 Å². The Balaban J connectivity index is 1.45. The molecule has 2 atom stereocenters. The fourth-order valence-electron chi connectivity index (χ4n) is 5.04. The third-order valence-corrected chi connectivity index (χ3v) is 7.14. The van der Waals surface area contributed by atoms with Gasteiger partial charge in [0.05, 0.1) is 5.56 Å². The van der Waals surface area contributed by atoms with Crippen LogP contribution in [0.5, 0.6) is 0 Å². The fraction of sp³-hybridized carbons (Fsp3) is 0.281. The predicted molar refractivity (Wildman–Crippen MR) is 153 cm³/mol. The molecule has 0 spiro atoms. The summed E-state index contributed by atoms with van der Waals surface area (Å²) in [7, 11) is 0. The molecule has 0 aliphatic carbocycles. The number of rotatable bonds is 10. The first-order chi connectivity index (χ1) is 19.7. The zero-order valence-electron chi connectivity index (χ0n) is 22.8. The first-order valence-electron chi connectivity index (χ1n) is 13.6. The minimum Gasteiger partial charge on any atom is -0.478 e. The van der Waals surface area contributed by atoms with Crippen molar-refractivity contribution in [2.24, 2.45) is 0 Å². The quantitative estimate of drug-likeness (QED) is 0.328. The predicted octanol–water partition coefficient (Wildman–Crippen LogP) is 3.61. The van der Waals surface area contributed by atoms with E-state index in [2.05, 4.69) is 10.6 Å². The Morgan fingerprint density at radius 1 is 0.976 bits per heavy atom. The molecule has 1 saturated heterocycles. The number of carbonyl (C=O) groups excluding carboxylic acids is 4. The second-order valence-electron chi connectivity index (χ2n) is 10.2. The summed E-state index contributed by atoms with van der Waals surface area (Å²) in [5.41, 5.74) is 3.51. The van der Waals surface area contributed by atoms with Crippen molar-refractivity contribution < 1.29 is 29.1 Å². The van der Waals surface area contributed by atoms with E-state index in [1.165, 1.54) is 25.1 Å². The molecule has 3 aromatic carbocycles. The molecule has 4 rings (SSSR count). The molecular weight excluding hydrogens is 522 g/mol. The van der Waals surface area contributed by atoms with Crippen LogP contribution in [0.1, 0.15) is 58.0 Å². The minimum atomic E-state index is -1.24. The van der Waals surface area contributed by atoms with E-state index in [1.807, 2.05) is 54.6 Å². The number of carbonyl (C=O) groups is 5. The van der Waals surface area contributed by atoms with Gasteiger partial charge in [-0.25, -0.2) is 4.79 Å². The molecule has 0 saturated carbocycles. The number of aromatic carboxylic acids is 1. The third kappa shape index (κ3) is 7.66. The number of likely N-dealkylation sites (tertiary alicyclic amines) is 1. The standard InChI is InChI=1S/C32H33N3O6/c1-21(37)33-29(18-23-12-15-27(32(40)41)26(17-23)20-36)30(38)34-28-9-5-6-16-35(31(28)39)19-22-10-13-25(14-11-22)24-7-3-2-4-8-24/h2-4,7-8,10-15,17,20,28-29H,5-6,9,16,18-19H2,1H3,(H,33,37)(H,34,38)(H,40,41)/t28-,29+/m1/s1. The summed E-state index contributed by atoms with van der Waals surface area (Å²) in [4.78, 5) is 63.2. The van der Waals surface area contributed by atoms with E-state index in [0.29, 0.717) is 31.4 Å². The number of carboxylic acids is 1. The number of benzene rings is 3. The topological polar surface area (TPSA) is 133 Å². The van der Waals surface area contributed by atoms with Crippen LogP contribution in [-0.2, 0) is 27.3 Å². The van der Waals surface area contributed by atoms with Crippen LogP contribution in [0.4, 0.5) is 0 Å².